The summed E-state index contributed by atoms with van der Waals surface area (Å²) in [5, 5.41) is 10.6. The first-order valence-electron chi connectivity index (χ1n) is 15.1. The zero-order valence-electron chi connectivity index (χ0n) is 25.8. The van der Waals surface area contributed by atoms with Gasteiger partial charge in [-0.3, -0.25) is 24.5 Å². The number of Topliss-reactive ketones (excluding diaryl/α,β-unsaturated/α-hetero) is 1. The van der Waals surface area contributed by atoms with E-state index in [-0.39, 0.29) is 41.2 Å². The highest BCUT2D eigenvalue weighted by molar-refractivity contribution is 6.34. The number of nitro benzene ring substituents is 1. The first-order valence-corrected chi connectivity index (χ1v) is 15.9. The topological polar surface area (TPSA) is 139 Å². The van der Waals surface area contributed by atoms with Gasteiger partial charge in [-0.1, -0.05) is 51.5 Å². The number of esters is 1. The third-order valence-electron chi connectivity index (χ3n) is 11.0. The fourth-order valence-electron chi connectivity index (χ4n) is 9.17. The summed E-state index contributed by atoms with van der Waals surface area (Å²) in [5.41, 5.74) is -2.47. The lowest BCUT2D eigenvalue weighted by molar-refractivity contribution is -0.385. The van der Waals surface area contributed by atoms with E-state index in [1.54, 1.807) is 12.1 Å². The van der Waals surface area contributed by atoms with Crippen LogP contribution >= 0.6 is 23.2 Å². The van der Waals surface area contributed by atoms with Crippen LogP contribution in [0.5, 0.6) is 0 Å². The largest absolute Gasteiger partial charge is 0.509 e. The highest BCUT2D eigenvalue weighted by Crippen LogP contribution is 2.73. The number of para-hydroxylation sites is 1. The Morgan fingerprint density at radius 1 is 1.09 bits per heavy atom. The van der Waals surface area contributed by atoms with Crippen molar-refractivity contribution in [3.63, 3.8) is 0 Å². The number of allylic oxidation sites excluding steroid dienone is 4. The zero-order valence-corrected chi connectivity index (χ0v) is 27.4. The van der Waals surface area contributed by atoms with E-state index < -0.39 is 68.6 Å². The molecule has 0 bridgehead atoms. The van der Waals surface area contributed by atoms with E-state index in [1.807, 2.05) is 26.8 Å². The number of halogens is 2. The number of fused-ring (bicyclic) bond motifs is 5. The highest BCUT2D eigenvalue weighted by atomic mass is 35.5. The molecule has 3 fully saturated rings. The van der Waals surface area contributed by atoms with Crippen LogP contribution in [-0.4, -0.2) is 51.1 Å². The zero-order chi connectivity index (χ0) is 33.1. The monoisotopic (exact) mass is 661 g/mol. The molecule has 0 unspecified atom stereocenters. The van der Waals surface area contributed by atoms with E-state index in [2.05, 4.69) is 6.92 Å². The minimum absolute atomic E-state index is 0.0141. The van der Waals surface area contributed by atoms with Gasteiger partial charge in [0.05, 0.1) is 20.7 Å². The molecule has 0 radical (unpaired) electrons. The van der Waals surface area contributed by atoms with Gasteiger partial charge >= 0.3 is 12.1 Å². The maximum Gasteiger partial charge on any atom is 0.509 e. The third-order valence-corrected chi connectivity index (χ3v) is 12.6. The average molecular weight is 663 g/mol. The lowest BCUT2D eigenvalue weighted by Gasteiger charge is -2.65. The predicted octanol–water partition coefficient (Wildman–Crippen LogP) is 6.50. The standard InChI is InChI=1S/C33H37Cl2NO9/c1-18-12-25-24-13-19(2)33(45-20(3)37,28(39)17-44-29(40)43-16-21-8-6-7-9-26(21)36(41)42)31(24,5)15-27(34)32(25,35)30(4)11-10-22(38)14-23(18)30/h6-11,14,18-19,24-25,27H,12-13,15-17H2,1-5H3/t18-,19+,24-,25-,27-,30-,31-,32-,33+/m0/s1. The van der Waals surface area contributed by atoms with Crippen molar-refractivity contribution in [1.29, 1.82) is 0 Å². The first kappa shape index (κ1) is 33.1. The quantitative estimate of drug-likeness (QED) is 0.139. The number of carbonyl (C=O) groups excluding carboxylic acids is 4. The Balaban J connectivity index is 1.42. The summed E-state index contributed by atoms with van der Waals surface area (Å²) in [5.74, 6) is -2.21. The molecule has 0 aromatic heterocycles. The van der Waals surface area contributed by atoms with Crippen molar-refractivity contribution in [3.05, 3.63) is 63.7 Å². The van der Waals surface area contributed by atoms with Gasteiger partial charge in [-0.2, -0.15) is 0 Å². The van der Waals surface area contributed by atoms with Gasteiger partial charge in [0, 0.05) is 29.7 Å². The SMILES string of the molecule is CC(=O)O[C@@]1(C(=O)COC(=O)OCc2ccccc2[N+](=O)[O-])[C@H](C)C[C@H]2[C@@H]3C[C@H](C)C4=CC(=O)C=C[C@]4(C)[C@@]3(Cl)[C@@H](Cl)C[C@@]21C. The summed E-state index contributed by atoms with van der Waals surface area (Å²) in [6.45, 7) is 7.88. The minimum atomic E-state index is -1.67. The summed E-state index contributed by atoms with van der Waals surface area (Å²) in [6, 6.07) is 5.79. The van der Waals surface area contributed by atoms with Crippen molar-refractivity contribution >= 4 is 52.6 Å². The maximum absolute atomic E-state index is 14.2. The van der Waals surface area contributed by atoms with Gasteiger partial charge in [0.25, 0.3) is 5.69 Å². The Morgan fingerprint density at radius 3 is 2.44 bits per heavy atom. The van der Waals surface area contributed by atoms with Gasteiger partial charge in [-0.15, -0.1) is 23.2 Å². The van der Waals surface area contributed by atoms with Gasteiger partial charge in [0.2, 0.25) is 5.78 Å². The summed E-state index contributed by atoms with van der Waals surface area (Å²) < 4.78 is 16.3. The third kappa shape index (κ3) is 4.90. The molecule has 242 valence electrons. The van der Waals surface area contributed by atoms with Crippen molar-refractivity contribution in [2.75, 3.05) is 6.61 Å². The molecule has 10 nitrogen and oxygen atoms in total. The fourth-order valence-corrected chi connectivity index (χ4v) is 10.4. The molecular formula is C33H37Cl2NO9. The second kappa shape index (κ2) is 11.5. The second-order valence-corrected chi connectivity index (χ2v) is 14.5. The van der Waals surface area contributed by atoms with Crippen molar-refractivity contribution in [2.24, 2.45) is 34.5 Å². The Bertz CT molecular complexity index is 1520. The van der Waals surface area contributed by atoms with E-state index in [0.717, 1.165) is 5.57 Å². The molecule has 3 saturated carbocycles. The Labute approximate surface area is 271 Å². The Hall–Kier alpha value is -3.24. The molecule has 0 aliphatic heterocycles. The molecule has 0 amide bonds. The number of benzene rings is 1. The van der Waals surface area contributed by atoms with Crippen LogP contribution in [0.25, 0.3) is 0 Å². The summed E-state index contributed by atoms with van der Waals surface area (Å²) >= 11 is 14.9. The molecule has 4 aliphatic rings. The lowest BCUT2D eigenvalue weighted by atomic mass is 9.45. The molecule has 0 heterocycles. The number of ketones is 2. The lowest BCUT2D eigenvalue weighted by Crippen LogP contribution is -2.69. The van der Waals surface area contributed by atoms with Gasteiger partial charge in [0.1, 0.15) is 6.61 Å². The van der Waals surface area contributed by atoms with Crippen LogP contribution in [0.15, 0.2) is 48.1 Å². The first-order chi connectivity index (χ1) is 21.0. The van der Waals surface area contributed by atoms with Gasteiger partial charge < -0.3 is 14.2 Å². The van der Waals surface area contributed by atoms with Gasteiger partial charge in [0.15, 0.2) is 18.0 Å². The molecule has 0 saturated heterocycles. The molecular weight excluding hydrogens is 625 g/mol. The van der Waals surface area contributed by atoms with E-state index in [0.29, 0.717) is 12.8 Å². The van der Waals surface area contributed by atoms with Crippen LogP contribution in [0.3, 0.4) is 0 Å². The molecule has 5 rings (SSSR count). The van der Waals surface area contributed by atoms with E-state index in [4.69, 9.17) is 37.4 Å². The Morgan fingerprint density at radius 2 is 1.78 bits per heavy atom. The molecule has 1 aromatic rings. The number of rotatable bonds is 7. The van der Waals surface area contributed by atoms with Crippen molar-refractivity contribution < 1.29 is 38.3 Å². The van der Waals surface area contributed by atoms with Crippen LogP contribution in [0.2, 0.25) is 0 Å². The van der Waals surface area contributed by atoms with Gasteiger partial charge in [-0.25, -0.2) is 4.79 Å². The number of nitrogens with zero attached hydrogens (tertiary/aromatic N) is 1. The number of ether oxygens (including phenoxy) is 3. The fraction of sp³-hybridized carbons (Fsp3) is 0.576. The number of carbonyl (C=O) groups is 4. The van der Waals surface area contributed by atoms with E-state index >= 15 is 0 Å². The molecule has 4 aliphatic carbocycles. The predicted molar refractivity (Wildman–Crippen MR) is 165 cm³/mol. The van der Waals surface area contributed by atoms with Crippen molar-refractivity contribution in [3.8, 4) is 0 Å². The second-order valence-electron chi connectivity index (χ2n) is 13.3. The van der Waals surface area contributed by atoms with Crippen molar-refractivity contribution in [1.82, 2.24) is 0 Å². The summed E-state index contributed by atoms with van der Waals surface area (Å²) in [6.07, 6.45) is 5.23. The van der Waals surface area contributed by atoms with Crippen LogP contribution in [0, 0.1) is 44.6 Å². The molecule has 0 spiro atoms. The Kier molecular flexibility index (Phi) is 8.49. The molecule has 45 heavy (non-hydrogen) atoms. The smallest absolute Gasteiger partial charge is 0.450 e. The summed E-state index contributed by atoms with van der Waals surface area (Å²) in [7, 11) is 0. The van der Waals surface area contributed by atoms with Crippen LogP contribution in [-0.2, 0) is 35.2 Å². The highest BCUT2D eigenvalue weighted by Gasteiger charge is 2.76. The van der Waals surface area contributed by atoms with Crippen LogP contribution in [0.4, 0.5) is 10.5 Å². The van der Waals surface area contributed by atoms with Crippen LogP contribution in [0.1, 0.15) is 59.4 Å². The molecule has 0 N–H and O–H groups in total. The summed E-state index contributed by atoms with van der Waals surface area (Å²) in [4.78, 5) is 61.5. The normalized spacial score (nSPS) is 38.2. The number of alkyl halides is 2. The molecule has 1 aromatic carbocycles. The maximum atomic E-state index is 14.2. The average Bonchev–Trinajstić information content (AvgIpc) is 3.19. The molecule has 12 heteroatoms. The van der Waals surface area contributed by atoms with E-state index in [1.165, 1.54) is 31.2 Å². The van der Waals surface area contributed by atoms with E-state index in [9.17, 15) is 29.3 Å². The number of hydrogen-bond donors (Lipinski definition) is 0. The number of nitro groups is 1. The minimum Gasteiger partial charge on any atom is -0.450 e. The number of hydrogen-bond acceptors (Lipinski definition) is 9. The molecule has 9 atom stereocenters. The van der Waals surface area contributed by atoms with Gasteiger partial charge in [-0.05, 0) is 55.2 Å². The van der Waals surface area contributed by atoms with Crippen molar-refractivity contribution in [2.45, 2.75) is 76.3 Å². The van der Waals surface area contributed by atoms with Crippen LogP contribution < -0.4 is 0 Å².